The van der Waals surface area contributed by atoms with Crippen molar-refractivity contribution in [3.05, 3.63) is 23.2 Å². The monoisotopic (exact) mass is 210 g/mol. The van der Waals surface area contributed by atoms with Crippen LogP contribution in [0.4, 0.5) is 0 Å². The van der Waals surface area contributed by atoms with Gasteiger partial charge in [0.25, 0.3) is 5.91 Å². The molecule has 1 aromatic heterocycles. The summed E-state index contributed by atoms with van der Waals surface area (Å²) >= 11 is 5.49. The predicted octanol–water partition coefficient (Wildman–Crippen LogP) is 0.772. The van der Waals surface area contributed by atoms with E-state index in [0.29, 0.717) is 0 Å². The molecule has 1 unspecified atom stereocenters. The Bertz CT molecular complexity index is 370. The van der Waals surface area contributed by atoms with Crippen molar-refractivity contribution in [1.82, 2.24) is 15.3 Å². The highest BCUT2D eigenvalue weighted by Crippen LogP contribution is 2.01. The van der Waals surface area contributed by atoms with Crippen molar-refractivity contribution < 1.29 is 4.79 Å². The molecule has 0 spiro atoms. The van der Waals surface area contributed by atoms with Gasteiger partial charge in [0.15, 0.2) is 0 Å². The number of halogens is 1. The molecule has 0 aliphatic heterocycles. The summed E-state index contributed by atoms with van der Waals surface area (Å²) in [6, 6.07) is 1.32. The number of hydrogen-bond donors (Lipinski definition) is 1. The summed E-state index contributed by atoms with van der Waals surface area (Å²) < 4.78 is 0. The van der Waals surface area contributed by atoms with Crippen molar-refractivity contribution in [3.63, 3.8) is 0 Å². The highest BCUT2D eigenvalue weighted by Gasteiger charge is 2.10. The average Bonchev–Trinajstić information content (AvgIpc) is 2.18. The Balaban J connectivity index is 2.71. The van der Waals surface area contributed by atoms with Crippen molar-refractivity contribution >= 4 is 17.5 Å². The SMILES string of the molecule is CC(C#N)NC(=O)c1cnc(Cl)cn1. The minimum Gasteiger partial charge on any atom is -0.335 e. The molecule has 0 aromatic carbocycles. The van der Waals surface area contributed by atoms with Crippen molar-refractivity contribution in [2.45, 2.75) is 13.0 Å². The van der Waals surface area contributed by atoms with Crippen LogP contribution in [0.15, 0.2) is 12.4 Å². The average molecular weight is 211 g/mol. The quantitative estimate of drug-likeness (QED) is 0.782. The zero-order chi connectivity index (χ0) is 10.6. The van der Waals surface area contributed by atoms with Gasteiger partial charge in [0.05, 0.1) is 18.5 Å². The van der Waals surface area contributed by atoms with Gasteiger partial charge >= 0.3 is 0 Å². The molecule has 72 valence electrons. The van der Waals surface area contributed by atoms with Gasteiger partial charge in [-0.25, -0.2) is 9.97 Å². The third kappa shape index (κ3) is 2.68. The Morgan fingerprint density at radius 2 is 2.36 bits per heavy atom. The molecule has 14 heavy (non-hydrogen) atoms. The smallest absolute Gasteiger partial charge is 0.272 e. The molecular formula is C8H7ClN4O. The first-order valence-corrected chi connectivity index (χ1v) is 4.19. The van der Waals surface area contributed by atoms with E-state index in [1.807, 2.05) is 6.07 Å². The van der Waals surface area contributed by atoms with Gasteiger partial charge in [0.1, 0.15) is 16.9 Å². The Hall–Kier alpha value is -1.67. The van der Waals surface area contributed by atoms with Crippen molar-refractivity contribution in [2.24, 2.45) is 0 Å². The standard InChI is InChI=1S/C8H7ClN4O/c1-5(2-10)13-8(14)6-3-12-7(9)4-11-6/h3-5H,1H3,(H,13,14). The number of amides is 1. The number of nitrogens with zero attached hydrogens (tertiary/aromatic N) is 3. The Morgan fingerprint density at radius 3 is 2.86 bits per heavy atom. The highest BCUT2D eigenvalue weighted by molar-refractivity contribution is 6.29. The van der Waals surface area contributed by atoms with E-state index >= 15 is 0 Å². The minimum atomic E-state index is -0.556. The number of nitrogens with one attached hydrogen (secondary N) is 1. The second-order valence-corrected chi connectivity index (χ2v) is 2.94. The molecule has 5 nitrogen and oxygen atoms in total. The summed E-state index contributed by atoms with van der Waals surface area (Å²) in [7, 11) is 0. The first-order valence-electron chi connectivity index (χ1n) is 3.81. The molecule has 0 saturated heterocycles. The summed E-state index contributed by atoms with van der Waals surface area (Å²) in [6.45, 7) is 1.57. The van der Waals surface area contributed by atoms with Crippen molar-refractivity contribution in [3.8, 4) is 6.07 Å². The van der Waals surface area contributed by atoms with Crippen LogP contribution in [0.2, 0.25) is 5.15 Å². The zero-order valence-electron chi connectivity index (χ0n) is 7.36. The molecule has 6 heteroatoms. The van der Waals surface area contributed by atoms with E-state index < -0.39 is 11.9 Å². The van der Waals surface area contributed by atoms with Gasteiger partial charge in [-0.1, -0.05) is 11.6 Å². The maximum absolute atomic E-state index is 11.3. The van der Waals surface area contributed by atoms with Gasteiger partial charge in [-0.05, 0) is 6.92 Å². The van der Waals surface area contributed by atoms with Gasteiger partial charge in [-0.15, -0.1) is 0 Å². The van der Waals surface area contributed by atoms with Crippen LogP contribution in [0.3, 0.4) is 0 Å². The number of carbonyl (C=O) groups excluding carboxylic acids is 1. The van der Waals surface area contributed by atoms with Crippen LogP contribution >= 0.6 is 11.6 Å². The number of nitriles is 1. The normalized spacial score (nSPS) is 11.5. The summed E-state index contributed by atoms with van der Waals surface area (Å²) in [6.07, 6.45) is 2.52. The summed E-state index contributed by atoms with van der Waals surface area (Å²) in [4.78, 5) is 18.8. The lowest BCUT2D eigenvalue weighted by molar-refractivity contribution is 0.0942. The molecule has 0 fully saturated rings. The van der Waals surface area contributed by atoms with Gasteiger partial charge in [0, 0.05) is 0 Å². The number of rotatable bonds is 2. The van der Waals surface area contributed by atoms with Crippen LogP contribution in [0.1, 0.15) is 17.4 Å². The minimum absolute atomic E-state index is 0.136. The van der Waals surface area contributed by atoms with E-state index in [4.69, 9.17) is 16.9 Å². The molecular weight excluding hydrogens is 204 g/mol. The zero-order valence-corrected chi connectivity index (χ0v) is 8.12. The maximum Gasteiger partial charge on any atom is 0.272 e. The van der Waals surface area contributed by atoms with Gasteiger partial charge in [0.2, 0.25) is 0 Å². The highest BCUT2D eigenvalue weighted by atomic mass is 35.5. The van der Waals surface area contributed by atoms with Gasteiger partial charge in [-0.2, -0.15) is 5.26 Å². The van der Waals surface area contributed by atoms with Gasteiger partial charge < -0.3 is 5.32 Å². The van der Waals surface area contributed by atoms with E-state index in [1.165, 1.54) is 12.4 Å². The van der Waals surface area contributed by atoms with Crippen LogP contribution in [0.25, 0.3) is 0 Å². The van der Waals surface area contributed by atoms with E-state index in [0.717, 1.165) is 0 Å². The summed E-state index contributed by atoms with van der Waals surface area (Å²) in [5.74, 6) is -0.441. The third-order valence-corrected chi connectivity index (χ3v) is 1.59. The molecule has 0 saturated carbocycles. The first-order chi connectivity index (χ1) is 6.63. The van der Waals surface area contributed by atoms with Crippen LogP contribution < -0.4 is 5.32 Å². The van der Waals surface area contributed by atoms with Crippen molar-refractivity contribution in [1.29, 1.82) is 5.26 Å². The largest absolute Gasteiger partial charge is 0.335 e. The first kappa shape index (κ1) is 10.4. The lowest BCUT2D eigenvalue weighted by Crippen LogP contribution is -2.31. The number of carbonyl (C=O) groups is 1. The van der Waals surface area contributed by atoms with Crippen LogP contribution in [-0.4, -0.2) is 21.9 Å². The second-order valence-electron chi connectivity index (χ2n) is 2.55. The molecule has 1 rings (SSSR count). The summed E-state index contributed by atoms with van der Waals surface area (Å²) in [5, 5.41) is 11.1. The van der Waals surface area contributed by atoms with E-state index in [-0.39, 0.29) is 10.8 Å². The third-order valence-electron chi connectivity index (χ3n) is 1.39. The summed E-state index contributed by atoms with van der Waals surface area (Å²) in [5.41, 5.74) is 0.136. The Morgan fingerprint density at radius 1 is 1.64 bits per heavy atom. The molecule has 1 heterocycles. The number of hydrogen-bond acceptors (Lipinski definition) is 4. The second kappa shape index (κ2) is 4.53. The fourth-order valence-electron chi connectivity index (χ4n) is 0.732. The fraction of sp³-hybridized carbons (Fsp3) is 0.250. The Labute approximate surface area is 85.7 Å². The lowest BCUT2D eigenvalue weighted by atomic mass is 10.3. The van der Waals surface area contributed by atoms with Crippen LogP contribution in [-0.2, 0) is 0 Å². The topological polar surface area (TPSA) is 78.7 Å². The Kier molecular flexibility index (Phi) is 3.37. The molecule has 1 N–H and O–H groups in total. The van der Waals surface area contributed by atoms with E-state index in [2.05, 4.69) is 15.3 Å². The molecule has 1 aromatic rings. The lowest BCUT2D eigenvalue weighted by Gasteiger charge is -2.04. The number of aromatic nitrogens is 2. The molecule has 0 bridgehead atoms. The molecule has 1 amide bonds. The van der Waals surface area contributed by atoms with Crippen LogP contribution in [0.5, 0.6) is 0 Å². The molecule has 0 radical (unpaired) electrons. The van der Waals surface area contributed by atoms with Crippen LogP contribution in [0, 0.1) is 11.3 Å². The molecule has 0 aliphatic carbocycles. The van der Waals surface area contributed by atoms with E-state index in [1.54, 1.807) is 6.92 Å². The maximum atomic E-state index is 11.3. The van der Waals surface area contributed by atoms with Gasteiger partial charge in [-0.3, -0.25) is 4.79 Å². The molecule has 0 aliphatic rings. The predicted molar refractivity (Wildman–Crippen MR) is 49.6 cm³/mol. The van der Waals surface area contributed by atoms with Crippen molar-refractivity contribution in [2.75, 3.05) is 0 Å². The van der Waals surface area contributed by atoms with E-state index in [9.17, 15) is 4.79 Å². The molecule has 1 atom stereocenters. The fourth-order valence-corrected chi connectivity index (χ4v) is 0.830.